The summed E-state index contributed by atoms with van der Waals surface area (Å²) in [4.78, 5) is 2.51. The van der Waals surface area contributed by atoms with E-state index in [0.29, 0.717) is 5.92 Å². The third-order valence-corrected chi connectivity index (χ3v) is 4.16. The molecule has 1 aromatic carbocycles. The first-order valence-electron chi connectivity index (χ1n) is 6.91. The Morgan fingerprint density at radius 1 is 1.47 bits per heavy atom. The standard InChI is InChI=1S/C15H23BrN2O/c1-17-9-13-8-14(16)5-6-15(13)18-7-3-4-12(10-18)11-19-2/h5-6,8,12,17H,3-4,7,9-11H2,1-2H3. The number of hydrogen-bond acceptors (Lipinski definition) is 3. The normalized spacial score (nSPS) is 19.7. The van der Waals surface area contributed by atoms with Crippen LogP contribution in [-0.4, -0.2) is 33.9 Å². The van der Waals surface area contributed by atoms with E-state index < -0.39 is 0 Å². The fourth-order valence-corrected chi connectivity index (χ4v) is 3.26. The Kier molecular flexibility index (Phi) is 5.67. The van der Waals surface area contributed by atoms with Crippen LogP contribution in [0.3, 0.4) is 0 Å². The molecule has 0 saturated carbocycles. The molecule has 2 rings (SSSR count). The van der Waals surface area contributed by atoms with Crippen LogP contribution >= 0.6 is 15.9 Å². The molecule has 0 radical (unpaired) electrons. The second-order valence-corrected chi connectivity index (χ2v) is 6.13. The Balaban J connectivity index is 2.15. The van der Waals surface area contributed by atoms with Crippen LogP contribution in [0.25, 0.3) is 0 Å². The van der Waals surface area contributed by atoms with E-state index in [1.165, 1.54) is 24.1 Å². The van der Waals surface area contributed by atoms with Crippen molar-refractivity contribution in [2.75, 3.05) is 38.8 Å². The quantitative estimate of drug-likeness (QED) is 0.900. The highest BCUT2D eigenvalue weighted by atomic mass is 79.9. The average Bonchev–Trinajstić information content (AvgIpc) is 2.40. The summed E-state index contributed by atoms with van der Waals surface area (Å²) in [5.74, 6) is 0.657. The van der Waals surface area contributed by atoms with E-state index in [1.54, 1.807) is 7.11 Å². The lowest BCUT2D eigenvalue weighted by atomic mass is 9.97. The predicted octanol–water partition coefficient (Wildman–Crippen LogP) is 3.03. The Morgan fingerprint density at radius 2 is 2.32 bits per heavy atom. The van der Waals surface area contributed by atoms with Crippen LogP contribution in [0.1, 0.15) is 18.4 Å². The lowest BCUT2D eigenvalue weighted by Gasteiger charge is -2.35. The Labute approximate surface area is 124 Å². The van der Waals surface area contributed by atoms with Crippen LogP contribution < -0.4 is 10.2 Å². The van der Waals surface area contributed by atoms with Gasteiger partial charge in [-0.2, -0.15) is 0 Å². The van der Waals surface area contributed by atoms with Crippen LogP contribution in [0.4, 0.5) is 5.69 Å². The summed E-state index contributed by atoms with van der Waals surface area (Å²) in [6.45, 7) is 4.03. The molecule has 0 spiro atoms. The molecule has 1 atom stereocenters. The van der Waals surface area contributed by atoms with Gasteiger partial charge in [-0.3, -0.25) is 0 Å². The summed E-state index contributed by atoms with van der Waals surface area (Å²) in [6.07, 6.45) is 2.53. The molecule has 1 N–H and O–H groups in total. The third kappa shape index (κ3) is 3.94. The minimum Gasteiger partial charge on any atom is -0.384 e. The van der Waals surface area contributed by atoms with E-state index in [0.717, 1.165) is 30.7 Å². The summed E-state index contributed by atoms with van der Waals surface area (Å²) in [5.41, 5.74) is 2.72. The first-order valence-corrected chi connectivity index (χ1v) is 7.70. The molecule has 19 heavy (non-hydrogen) atoms. The number of rotatable bonds is 5. The molecule has 0 bridgehead atoms. The zero-order valence-electron chi connectivity index (χ0n) is 11.8. The van der Waals surface area contributed by atoms with Gasteiger partial charge >= 0.3 is 0 Å². The van der Waals surface area contributed by atoms with Crippen molar-refractivity contribution < 1.29 is 4.74 Å². The van der Waals surface area contributed by atoms with Gasteiger partial charge in [0.15, 0.2) is 0 Å². The van der Waals surface area contributed by atoms with Crippen molar-refractivity contribution in [2.45, 2.75) is 19.4 Å². The fourth-order valence-electron chi connectivity index (χ4n) is 2.85. The molecule has 1 fully saturated rings. The highest BCUT2D eigenvalue weighted by Crippen LogP contribution is 2.28. The maximum absolute atomic E-state index is 5.32. The molecule has 1 unspecified atom stereocenters. The van der Waals surface area contributed by atoms with Crippen molar-refractivity contribution in [3.8, 4) is 0 Å². The van der Waals surface area contributed by atoms with E-state index in [1.807, 2.05) is 7.05 Å². The van der Waals surface area contributed by atoms with Gasteiger partial charge in [-0.25, -0.2) is 0 Å². The molecule has 106 valence electrons. The molecule has 4 heteroatoms. The van der Waals surface area contributed by atoms with Crippen molar-refractivity contribution in [2.24, 2.45) is 5.92 Å². The topological polar surface area (TPSA) is 24.5 Å². The van der Waals surface area contributed by atoms with Gasteiger partial charge in [-0.1, -0.05) is 15.9 Å². The van der Waals surface area contributed by atoms with E-state index in [9.17, 15) is 0 Å². The van der Waals surface area contributed by atoms with Gasteiger partial charge in [-0.15, -0.1) is 0 Å². The monoisotopic (exact) mass is 326 g/mol. The van der Waals surface area contributed by atoms with Gasteiger partial charge in [0.05, 0.1) is 6.61 Å². The molecule has 0 amide bonds. The highest BCUT2D eigenvalue weighted by molar-refractivity contribution is 9.10. The minimum atomic E-state index is 0.657. The number of methoxy groups -OCH3 is 1. The van der Waals surface area contributed by atoms with Gasteiger partial charge in [0.1, 0.15) is 0 Å². The molecule has 1 aliphatic heterocycles. The van der Waals surface area contributed by atoms with Crippen molar-refractivity contribution in [1.29, 1.82) is 0 Å². The van der Waals surface area contributed by atoms with Crippen LogP contribution in [0.2, 0.25) is 0 Å². The highest BCUT2D eigenvalue weighted by Gasteiger charge is 2.21. The second-order valence-electron chi connectivity index (χ2n) is 5.21. The summed E-state index contributed by atoms with van der Waals surface area (Å²) in [7, 11) is 3.79. The lowest BCUT2D eigenvalue weighted by molar-refractivity contribution is 0.143. The number of piperidine rings is 1. The number of halogens is 1. The molecular weight excluding hydrogens is 304 g/mol. The van der Waals surface area contributed by atoms with Crippen molar-refractivity contribution in [3.63, 3.8) is 0 Å². The van der Waals surface area contributed by atoms with E-state index in [-0.39, 0.29) is 0 Å². The fraction of sp³-hybridized carbons (Fsp3) is 0.600. The van der Waals surface area contributed by atoms with Crippen molar-refractivity contribution >= 4 is 21.6 Å². The van der Waals surface area contributed by atoms with Gasteiger partial charge in [0, 0.05) is 36.9 Å². The van der Waals surface area contributed by atoms with Crippen molar-refractivity contribution in [3.05, 3.63) is 28.2 Å². The Hall–Kier alpha value is -0.580. The maximum Gasteiger partial charge on any atom is 0.0507 e. The lowest BCUT2D eigenvalue weighted by Crippen LogP contribution is -2.37. The first-order chi connectivity index (χ1) is 9.24. The van der Waals surface area contributed by atoms with Crippen LogP contribution in [0.5, 0.6) is 0 Å². The van der Waals surface area contributed by atoms with Crippen LogP contribution in [0, 0.1) is 5.92 Å². The molecule has 1 aliphatic rings. The zero-order valence-corrected chi connectivity index (χ0v) is 13.4. The van der Waals surface area contributed by atoms with Gasteiger partial charge in [0.2, 0.25) is 0 Å². The molecule has 1 heterocycles. The summed E-state index contributed by atoms with van der Waals surface area (Å²) in [5, 5.41) is 3.25. The largest absolute Gasteiger partial charge is 0.384 e. The molecule has 0 aromatic heterocycles. The van der Waals surface area contributed by atoms with Crippen LogP contribution in [0.15, 0.2) is 22.7 Å². The minimum absolute atomic E-state index is 0.657. The number of ether oxygens (including phenoxy) is 1. The number of nitrogens with zero attached hydrogens (tertiary/aromatic N) is 1. The Bertz CT molecular complexity index is 409. The average molecular weight is 327 g/mol. The smallest absolute Gasteiger partial charge is 0.0507 e. The molecular formula is C15H23BrN2O. The van der Waals surface area contributed by atoms with Gasteiger partial charge in [-0.05, 0) is 49.6 Å². The van der Waals surface area contributed by atoms with Gasteiger partial charge < -0.3 is 15.0 Å². The second kappa shape index (κ2) is 7.27. The molecule has 1 saturated heterocycles. The van der Waals surface area contributed by atoms with E-state index in [4.69, 9.17) is 4.74 Å². The summed E-state index contributed by atoms with van der Waals surface area (Å²) in [6, 6.07) is 6.58. The maximum atomic E-state index is 5.32. The number of benzene rings is 1. The first kappa shape index (κ1) is 14.8. The zero-order chi connectivity index (χ0) is 13.7. The number of anilines is 1. The summed E-state index contributed by atoms with van der Waals surface area (Å²) >= 11 is 3.56. The predicted molar refractivity (Wildman–Crippen MR) is 83.7 cm³/mol. The molecule has 3 nitrogen and oxygen atoms in total. The summed E-state index contributed by atoms with van der Waals surface area (Å²) < 4.78 is 6.46. The SMILES string of the molecule is CNCc1cc(Br)ccc1N1CCCC(COC)C1. The number of nitrogens with one attached hydrogen (secondary N) is 1. The Morgan fingerprint density at radius 3 is 3.05 bits per heavy atom. The van der Waals surface area contributed by atoms with E-state index in [2.05, 4.69) is 44.3 Å². The van der Waals surface area contributed by atoms with E-state index >= 15 is 0 Å². The molecule has 0 aliphatic carbocycles. The van der Waals surface area contributed by atoms with Crippen molar-refractivity contribution in [1.82, 2.24) is 5.32 Å². The third-order valence-electron chi connectivity index (χ3n) is 3.67. The van der Waals surface area contributed by atoms with Crippen LogP contribution in [-0.2, 0) is 11.3 Å². The number of hydrogen-bond donors (Lipinski definition) is 1. The van der Waals surface area contributed by atoms with Gasteiger partial charge in [0.25, 0.3) is 0 Å². The molecule has 1 aromatic rings.